The first-order chi connectivity index (χ1) is 48.2. The van der Waals surface area contributed by atoms with Crippen molar-refractivity contribution in [3.05, 3.63) is 95.3 Å². The summed E-state index contributed by atoms with van der Waals surface area (Å²) in [7, 11) is 1.39. The molecule has 0 saturated carbocycles. The van der Waals surface area contributed by atoms with E-state index < -0.39 is 78.1 Å². The van der Waals surface area contributed by atoms with Gasteiger partial charge in [0, 0.05) is 32.7 Å². The molecule has 6 N–H and O–H groups in total. The fourth-order valence-electron chi connectivity index (χ4n) is 11.6. The van der Waals surface area contributed by atoms with Gasteiger partial charge in [-0.1, -0.05) is 11.6 Å². The Hall–Kier alpha value is -9.53. The first kappa shape index (κ1) is 79.8. The summed E-state index contributed by atoms with van der Waals surface area (Å²) in [6, 6.07) is 21.0. The lowest BCUT2D eigenvalue weighted by molar-refractivity contribution is -0.162. The number of halogens is 3. The number of carboxylic acids is 2. The van der Waals surface area contributed by atoms with E-state index in [1.165, 1.54) is 21.4 Å². The van der Waals surface area contributed by atoms with Crippen LogP contribution in [0, 0.1) is 34.0 Å². The van der Waals surface area contributed by atoms with Gasteiger partial charge in [-0.3, -0.25) is 4.79 Å². The fraction of sp³-hybridized carbons (Fsp3) is 0.559. The van der Waals surface area contributed by atoms with E-state index in [1.54, 1.807) is 106 Å². The number of pyridine rings is 3. The zero-order valence-corrected chi connectivity index (χ0v) is 59.5. The lowest BCUT2D eigenvalue weighted by Gasteiger charge is -2.38. The number of carbonyl (C=O) groups excluding carboxylic acids is 4. The van der Waals surface area contributed by atoms with Gasteiger partial charge < -0.3 is 79.3 Å². The number of amides is 3. The number of rotatable bonds is 7. The Morgan fingerprint density at radius 1 is 0.578 bits per heavy atom. The highest BCUT2D eigenvalue weighted by atomic mass is 35.5. The summed E-state index contributed by atoms with van der Waals surface area (Å²) in [6.45, 7) is 21.2. The molecule has 6 fully saturated rings. The molecule has 6 saturated heterocycles. The van der Waals surface area contributed by atoms with Gasteiger partial charge in [-0.05, 0) is 143 Å². The number of hydrogen-bond acceptors (Lipinski definition) is 23. The van der Waals surface area contributed by atoms with Crippen LogP contribution in [0.15, 0.2) is 73.2 Å². The molecule has 6 aliphatic rings. The number of aromatic nitrogens is 6. The van der Waals surface area contributed by atoms with Crippen molar-refractivity contribution < 1.29 is 80.9 Å². The molecule has 12 heterocycles. The molecule has 552 valence electrons. The summed E-state index contributed by atoms with van der Waals surface area (Å²) >= 11 is 5.86. The van der Waals surface area contributed by atoms with Crippen LogP contribution in [0.5, 0.6) is 0 Å². The van der Waals surface area contributed by atoms with E-state index in [9.17, 15) is 42.8 Å². The molecule has 12 atom stereocenters. The lowest BCUT2D eigenvalue weighted by atomic mass is 10.1. The van der Waals surface area contributed by atoms with E-state index >= 15 is 0 Å². The van der Waals surface area contributed by atoms with E-state index in [2.05, 4.69) is 47.7 Å². The van der Waals surface area contributed by atoms with Gasteiger partial charge in [-0.15, -0.1) is 0 Å². The van der Waals surface area contributed by atoms with Crippen LogP contribution in [0.1, 0.15) is 106 Å². The average Bonchev–Trinajstić information content (AvgIpc) is 1.44. The summed E-state index contributed by atoms with van der Waals surface area (Å²) in [5, 5.41) is 63.6. The highest BCUT2D eigenvalue weighted by Gasteiger charge is 2.39. The molecule has 0 bridgehead atoms. The number of anilines is 2. The minimum Gasteiger partial charge on any atom is -0.479 e. The van der Waals surface area contributed by atoms with Crippen molar-refractivity contribution in [1.29, 1.82) is 15.8 Å². The number of morpholine rings is 3. The van der Waals surface area contributed by atoms with E-state index in [0.717, 1.165) is 47.2 Å². The van der Waals surface area contributed by atoms with Gasteiger partial charge >= 0.3 is 30.1 Å². The fourth-order valence-corrected chi connectivity index (χ4v) is 11.8. The van der Waals surface area contributed by atoms with Crippen LogP contribution in [-0.2, 0) is 52.3 Å². The normalized spacial score (nSPS) is 24.7. The smallest absolute Gasteiger partial charge is 0.410 e. The van der Waals surface area contributed by atoms with Crippen LogP contribution in [0.25, 0.3) is 16.6 Å². The average molecular weight is 1440 g/mol. The van der Waals surface area contributed by atoms with Gasteiger partial charge in [0.2, 0.25) is 0 Å². The zero-order valence-electron chi connectivity index (χ0n) is 58.8. The van der Waals surface area contributed by atoms with Gasteiger partial charge in [-0.25, -0.2) is 46.3 Å². The van der Waals surface area contributed by atoms with Crippen molar-refractivity contribution in [3.63, 3.8) is 0 Å². The maximum atomic E-state index is 13.8. The molecule has 34 heteroatoms. The predicted octanol–water partition coefficient (Wildman–Crippen LogP) is 6.08. The second kappa shape index (κ2) is 35.9. The predicted molar refractivity (Wildman–Crippen MR) is 366 cm³/mol. The third kappa shape index (κ3) is 22.0. The van der Waals surface area contributed by atoms with E-state index in [-0.39, 0.29) is 75.1 Å². The minimum absolute atomic E-state index is 0.0224. The Bertz CT molecular complexity index is 4000. The van der Waals surface area contributed by atoms with Crippen LogP contribution in [0.4, 0.5) is 29.7 Å². The van der Waals surface area contributed by atoms with Crippen molar-refractivity contribution in [2.45, 2.75) is 173 Å². The monoisotopic (exact) mass is 1440 g/mol. The summed E-state index contributed by atoms with van der Waals surface area (Å²) in [5.41, 5.74) is 9.76. The number of ether oxygens (including phenoxy) is 7. The number of nitriles is 3. The number of carboxylic acid groups (broad SMARTS) is 2. The summed E-state index contributed by atoms with van der Waals surface area (Å²) in [4.78, 5) is 75.5. The molecule has 0 aromatic carbocycles. The van der Waals surface area contributed by atoms with E-state index in [4.69, 9.17) is 66.5 Å². The highest BCUT2D eigenvalue weighted by Crippen LogP contribution is 2.29. The number of hydrogen-bond donors (Lipinski definition) is 5. The quantitative estimate of drug-likeness (QED) is 0.0892. The first-order valence-electron chi connectivity index (χ1n) is 33.1. The molecule has 0 radical (unpaired) electrons. The number of nitrogens with one attached hydrogen (secondary N) is 2. The number of aliphatic carboxylic acids is 2. The maximum Gasteiger partial charge on any atom is 0.410 e. The standard InChI is InChI=1S/C18H21FN6O2.C14H14N4O3.C11H19NO5.C9H17FN2O2.C8H4ClN3.C8H14O3/c1-11-9-24(15-3-2-12(6-20)25-16(15)4-5-22-25)10-17(27-11)18(26)23-14-8-21-7-13(14)19;1-9-7-17(8-13(21-9)14(19)20)11-3-2-10(6-15)18-12(11)4-5-16-18;1-7-5-12(6-8(16-7)9(13)14)10(15)17-11(2,3)4;1-9(2,3)14-8(13)12-4-6(10)7(11)5-12;9-7-2-1-6(5-10)12-8(7)3-4-11-12;1-6-4-3-5-7(11-6)8(9)10-2/h2-5,11,13-14,17,21H,7-10H2,1H3,(H,23,26);2-5,9,13H,7-8H2,1H3,(H,19,20);7-8H,5-6H2,1-4H3,(H,13,14);6-7H,4-5,11H2,1-3H3;1-4H;6-7H,3-5H2,1-2H3/t11-,13-,14+,17-;9-,13-;7-,8-;6-,7+;;6-,7-/m1111.1/s1. The highest BCUT2D eigenvalue weighted by molar-refractivity contribution is 6.33. The Morgan fingerprint density at radius 3 is 1.46 bits per heavy atom. The lowest BCUT2D eigenvalue weighted by Crippen LogP contribution is -2.55. The molecule has 102 heavy (non-hydrogen) atoms. The SMILES string of the molecule is CC(C)(C)OC(=O)N1C[C@@H](F)[C@@H](N)C1.COC(=O)[C@H]1CCC[C@@H](C)O1.C[C@@H]1CN(C(=O)OC(C)(C)C)C[C@H](C(=O)O)O1.C[C@@H]1CN(c2ccc(C#N)n3nccc23)C[C@H](C(=O)N[C@H]2CNC[C@H]2F)O1.C[C@@H]1CN(c2ccc(C#N)n3nccc23)C[C@H](C(=O)O)O1.N#Cc1ccc(Cl)c2ccnn12. The number of esters is 1. The Morgan fingerprint density at radius 2 is 1.02 bits per heavy atom. The van der Waals surface area contributed by atoms with Crippen LogP contribution in [0.3, 0.4) is 0 Å². The first-order valence-corrected chi connectivity index (χ1v) is 33.5. The van der Waals surface area contributed by atoms with Gasteiger partial charge in [0.05, 0.1) is 128 Å². The Kier molecular flexibility index (Phi) is 28.1. The van der Waals surface area contributed by atoms with Gasteiger partial charge in [0.25, 0.3) is 5.91 Å². The Balaban J connectivity index is 0.000000177. The van der Waals surface area contributed by atoms with Gasteiger partial charge in [0.15, 0.2) is 24.4 Å². The number of alkyl halides is 2. The molecule has 0 unspecified atom stereocenters. The largest absolute Gasteiger partial charge is 0.479 e. The molecule has 6 aromatic heterocycles. The number of fused-ring (bicyclic) bond motifs is 3. The zero-order chi connectivity index (χ0) is 74.9. The second-order valence-electron chi connectivity index (χ2n) is 26.9. The third-order valence-corrected chi connectivity index (χ3v) is 16.5. The van der Waals surface area contributed by atoms with Crippen LogP contribution in [-0.4, -0.2) is 242 Å². The summed E-state index contributed by atoms with van der Waals surface area (Å²) < 4.78 is 68.1. The minimum atomic E-state index is -1.14. The van der Waals surface area contributed by atoms with Crippen LogP contribution < -0.4 is 26.2 Å². The van der Waals surface area contributed by atoms with E-state index in [1.807, 2.05) is 56.0 Å². The number of methoxy groups -OCH3 is 1. The molecule has 6 aliphatic heterocycles. The molecule has 31 nitrogen and oxygen atoms in total. The Labute approximate surface area is 593 Å². The number of nitrogens with two attached hydrogens (primary N) is 1. The van der Waals surface area contributed by atoms with Crippen molar-refractivity contribution >= 4 is 75.5 Å². The molecule has 3 amide bonds. The molecular weight excluding hydrogens is 1350 g/mol. The summed E-state index contributed by atoms with van der Waals surface area (Å²) in [6.07, 6.45) is 1.27. The van der Waals surface area contributed by atoms with Crippen molar-refractivity contribution in [1.82, 2.24) is 49.3 Å². The second-order valence-corrected chi connectivity index (χ2v) is 27.3. The maximum absolute atomic E-state index is 13.8. The van der Waals surface area contributed by atoms with Crippen LogP contribution in [0.2, 0.25) is 5.02 Å². The number of likely N-dealkylation sites (tertiary alicyclic amines) is 1. The van der Waals surface area contributed by atoms with Crippen LogP contribution >= 0.6 is 11.6 Å². The van der Waals surface area contributed by atoms with Crippen molar-refractivity contribution in [2.24, 2.45) is 5.73 Å². The van der Waals surface area contributed by atoms with E-state index in [0.29, 0.717) is 54.8 Å². The molecule has 6 aromatic rings. The number of nitrogens with zero attached hydrogens (tertiary/aromatic N) is 13. The van der Waals surface area contributed by atoms with Crippen molar-refractivity contribution in [2.75, 3.05) is 82.4 Å². The van der Waals surface area contributed by atoms with Gasteiger partial charge in [0.1, 0.15) is 58.8 Å². The third-order valence-electron chi connectivity index (χ3n) is 16.2. The molecule has 0 spiro atoms. The topological polar surface area (TPSA) is 394 Å². The molecular formula is C68H89ClF2N16O15. The molecule has 0 aliphatic carbocycles. The van der Waals surface area contributed by atoms with Gasteiger partial charge in [-0.2, -0.15) is 31.1 Å². The summed E-state index contributed by atoms with van der Waals surface area (Å²) in [5.74, 6) is -2.58. The van der Waals surface area contributed by atoms with Crippen molar-refractivity contribution in [3.8, 4) is 18.2 Å². The molecule has 12 rings (SSSR count). The number of carbonyl (C=O) groups is 6.